The monoisotopic (exact) mass is 208 g/mol. The van der Waals surface area contributed by atoms with E-state index in [0.717, 1.165) is 18.5 Å². The van der Waals surface area contributed by atoms with Crippen LogP contribution in [0.15, 0.2) is 6.20 Å². The standard InChI is InChI=1S/C11H16N2O2/c1-4-6-10-9(11(14)15-5-2)7-12-8(3)13-10/h7H,4-6H2,1-3H3. The van der Waals surface area contributed by atoms with Gasteiger partial charge in [-0.2, -0.15) is 0 Å². The summed E-state index contributed by atoms with van der Waals surface area (Å²) in [4.78, 5) is 19.8. The van der Waals surface area contributed by atoms with Gasteiger partial charge in [0.1, 0.15) is 5.82 Å². The van der Waals surface area contributed by atoms with Gasteiger partial charge in [-0.25, -0.2) is 14.8 Å². The molecule has 0 radical (unpaired) electrons. The van der Waals surface area contributed by atoms with E-state index in [2.05, 4.69) is 9.97 Å². The Balaban J connectivity index is 2.99. The zero-order chi connectivity index (χ0) is 11.3. The van der Waals surface area contributed by atoms with Gasteiger partial charge in [-0.15, -0.1) is 0 Å². The van der Waals surface area contributed by atoms with Crippen LogP contribution in [0, 0.1) is 6.92 Å². The van der Waals surface area contributed by atoms with Gasteiger partial charge in [0.25, 0.3) is 0 Å². The summed E-state index contributed by atoms with van der Waals surface area (Å²) in [5, 5.41) is 0. The Morgan fingerprint density at radius 1 is 1.47 bits per heavy atom. The van der Waals surface area contributed by atoms with Crippen LogP contribution in [0.5, 0.6) is 0 Å². The third kappa shape index (κ3) is 3.01. The van der Waals surface area contributed by atoms with E-state index in [4.69, 9.17) is 4.74 Å². The summed E-state index contributed by atoms with van der Waals surface area (Å²) >= 11 is 0. The van der Waals surface area contributed by atoms with Gasteiger partial charge in [0.05, 0.1) is 17.9 Å². The summed E-state index contributed by atoms with van der Waals surface area (Å²) in [6.07, 6.45) is 3.27. The third-order valence-electron chi connectivity index (χ3n) is 1.97. The lowest BCUT2D eigenvalue weighted by Gasteiger charge is -2.07. The fraction of sp³-hybridized carbons (Fsp3) is 0.545. The number of rotatable bonds is 4. The average Bonchev–Trinajstić information content (AvgIpc) is 2.18. The molecule has 0 fully saturated rings. The molecule has 0 N–H and O–H groups in total. The SMILES string of the molecule is CCCc1nc(C)ncc1C(=O)OCC. The number of aryl methyl sites for hydroxylation is 2. The van der Waals surface area contributed by atoms with E-state index in [0.29, 0.717) is 18.0 Å². The molecule has 82 valence electrons. The van der Waals surface area contributed by atoms with Crippen molar-refractivity contribution in [2.75, 3.05) is 6.61 Å². The van der Waals surface area contributed by atoms with Crippen molar-refractivity contribution in [1.29, 1.82) is 0 Å². The van der Waals surface area contributed by atoms with Crippen LogP contribution in [-0.2, 0) is 11.2 Å². The molecule has 0 unspecified atom stereocenters. The molecule has 1 aromatic heterocycles. The lowest BCUT2D eigenvalue weighted by atomic mass is 10.1. The van der Waals surface area contributed by atoms with Crippen LogP contribution in [0.2, 0.25) is 0 Å². The predicted molar refractivity (Wildman–Crippen MR) is 56.7 cm³/mol. The smallest absolute Gasteiger partial charge is 0.341 e. The van der Waals surface area contributed by atoms with Crippen molar-refractivity contribution in [1.82, 2.24) is 9.97 Å². The highest BCUT2D eigenvalue weighted by Gasteiger charge is 2.13. The summed E-state index contributed by atoms with van der Waals surface area (Å²) < 4.78 is 4.94. The number of hydrogen-bond donors (Lipinski definition) is 0. The van der Waals surface area contributed by atoms with Crippen molar-refractivity contribution >= 4 is 5.97 Å². The van der Waals surface area contributed by atoms with Crippen LogP contribution in [0.3, 0.4) is 0 Å². The first-order valence-corrected chi connectivity index (χ1v) is 5.18. The Morgan fingerprint density at radius 3 is 2.80 bits per heavy atom. The van der Waals surface area contributed by atoms with Gasteiger partial charge in [0, 0.05) is 6.20 Å². The van der Waals surface area contributed by atoms with Crippen LogP contribution in [0.4, 0.5) is 0 Å². The van der Waals surface area contributed by atoms with Gasteiger partial charge in [-0.1, -0.05) is 13.3 Å². The molecule has 1 rings (SSSR count). The van der Waals surface area contributed by atoms with Gasteiger partial charge in [0.15, 0.2) is 0 Å². The molecule has 4 nitrogen and oxygen atoms in total. The minimum atomic E-state index is -0.332. The molecule has 0 amide bonds. The van der Waals surface area contributed by atoms with Crippen LogP contribution in [-0.4, -0.2) is 22.5 Å². The van der Waals surface area contributed by atoms with E-state index >= 15 is 0 Å². The summed E-state index contributed by atoms with van der Waals surface area (Å²) in [7, 11) is 0. The van der Waals surface area contributed by atoms with Crippen molar-refractivity contribution in [3.8, 4) is 0 Å². The second kappa shape index (κ2) is 5.44. The van der Waals surface area contributed by atoms with Gasteiger partial charge in [0.2, 0.25) is 0 Å². The van der Waals surface area contributed by atoms with Crippen LogP contribution in [0.25, 0.3) is 0 Å². The Hall–Kier alpha value is -1.45. The lowest BCUT2D eigenvalue weighted by molar-refractivity contribution is 0.0524. The zero-order valence-corrected chi connectivity index (χ0v) is 9.41. The number of carbonyl (C=O) groups excluding carboxylic acids is 1. The summed E-state index contributed by atoms with van der Waals surface area (Å²) in [5.41, 5.74) is 1.27. The van der Waals surface area contributed by atoms with E-state index in [1.807, 2.05) is 13.8 Å². The highest BCUT2D eigenvalue weighted by Crippen LogP contribution is 2.09. The fourth-order valence-corrected chi connectivity index (χ4v) is 1.32. The maximum absolute atomic E-state index is 11.5. The van der Waals surface area contributed by atoms with E-state index in [1.54, 1.807) is 13.1 Å². The molecule has 0 aliphatic carbocycles. The third-order valence-corrected chi connectivity index (χ3v) is 1.97. The number of aromatic nitrogens is 2. The Kier molecular flexibility index (Phi) is 4.21. The van der Waals surface area contributed by atoms with Crippen LogP contribution >= 0.6 is 0 Å². The maximum atomic E-state index is 11.5. The second-order valence-electron chi connectivity index (χ2n) is 3.25. The van der Waals surface area contributed by atoms with E-state index in [-0.39, 0.29) is 5.97 Å². The van der Waals surface area contributed by atoms with Gasteiger partial charge < -0.3 is 4.74 Å². The highest BCUT2D eigenvalue weighted by molar-refractivity contribution is 5.90. The second-order valence-corrected chi connectivity index (χ2v) is 3.25. The summed E-state index contributed by atoms with van der Waals surface area (Å²) in [6.45, 7) is 6.02. The minimum absolute atomic E-state index is 0.332. The molecule has 4 heteroatoms. The van der Waals surface area contributed by atoms with Crippen molar-refractivity contribution in [3.63, 3.8) is 0 Å². The molecular weight excluding hydrogens is 192 g/mol. The number of carbonyl (C=O) groups is 1. The Bertz CT molecular complexity index is 350. The first-order chi connectivity index (χ1) is 7.19. The molecular formula is C11H16N2O2. The number of ether oxygens (including phenoxy) is 1. The molecule has 15 heavy (non-hydrogen) atoms. The maximum Gasteiger partial charge on any atom is 0.341 e. The molecule has 0 atom stereocenters. The van der Waals surface area contributed by atoms with Crippen LogP contribution < -0.4 is 0 Å². The number of esters is 1. The average molecular weight is 208 g/mol. The molecule has 0 saturated carbocycles. The quantitative estimate of drug-likeness (QED) is 0.709. The molecule has 0 bridgehead atoms. The molecule has 0 spiro atoms. The number of nitrogens with zero attached hydrogens (tertiary/aromatic N) is 2. The van der Waals surface area contributed by atoms with E-state index < -0.39 is 0 Å². The summed E-state index contributed by atoms with van der Waals surface area (Å²) in [5.74, 6) is 0.354. The fourth-order valence-electron chi connectivity index (χ4n) is 1.32. The highest BCUT2D eigenvalue weighted by atomic mass is 16.5. The van der Waals surface area contributed by atoms with Crippen molar-refractivity contribution < 1.29 is 9.53 Å². The molecule has 0 saturated heterocycles. The zero-order valence-electron chi connectivity index (χ0n) is 9.41. The topological polar surface area (TPSA) is 52.1 Å². The largest absolute Gasteiger partial charge is 0.462 e. The Morgan fingerprint density at radius 2 is 2.20 bits per heavy atom. The molecule has 0 aliphatic heterocycles. The van der Waals surface area contributed by atoms with Crippen molar-refractivity contribution in [3.05, 3.63) is 23.3 Å². The van der Waals surface area contributed by atoms with E-state index in [9.17, 15) is 4.79 Å². The Labute approximate surface area is 89.7 Å². The van der Waals surface area contributed by atoms with Gasteiger partial charge in [-0.3, -0.25) is 0 Å². The molecule has 0 aromatic carbocycles. The summed E-state index contributed by atoms with van der Waals surface area (Å²) in [6, 6.07) is 0. The first kappa shape index (κ1) is 11.6. The molecule has 1 aromatic rings. The van der Waals surface area contributed by atoms with Gasteiger partial charge >= 0.3 is 5.97 Å². The van der Waals surface area contributed by atoms with Gasteiger partial charge in [-0.05, 0) is 20.3 Å². The predicted octanol–water partition coefficient (Wildman–Crippen LogP) is 1.91. The minimum Gasteiger partial charge on any atom is -0.462 e. The molecule has 1 heterocycles. The lowest BCUT2D eigenvalue weighted by Crippen LogP contribution is -2.11. The normalized spacial score (nSPS) is 10.1. The van der Waals surface area contributed by atoms with Crippen molar-refractivity contribution in [2.45, 2.75) is 33.6 Å². The number of hydrogen-bond acceptors (Lipinski definition) is 4. The van der Waals surface area contributed by atoms with Crippen molar-refractivity contribution in [2.24, 2.45) is 0 Å². The van der Waals surface area contributed by atoms with Crippen LogP contribution in [0.1, 0.15) is 42.1 Å². The molecule has 0 aliphatic rings. The first-order valence-electron chi connectivity index (χ1n) is 5.18. The van der Waals surface area contributed by atoms with E-state index in [1.165, 1.54) is 0 Å².